The van der Waals surface area contributed by atoms with Crippen LogP contribution < -0.4 is 0 Å². The summed E-state index contributed by atoms with van der Waals surface area (Å²) in [6, 6.07) is 0. The van der Waals surface area contributed by atoms with Crippen molar-refractivity contribution in [1.29, 1.82) is 0 Å². The average molecular weight is 203 g/mol. The molecule has 0 saturated carbocycles. The third-order valence-corrected chi connectivity index (χ3v) is 2.78. The number of aromatic nitrogens is 5. The van der Waals surface area contributed by atoms with Gasteiger partial charge in [-0.1, -0.05) is 0 Å². The minimum atomic E-state index is 0.688. The van der Waals surface area contributed by atoms with Gasteiger partial charge in [-0.05, 0) is 25.7 Å². The van der Waals surface area contributed by atoms with Gasteiger partial charge in [-0.2, -0.15) is 5.10 Å². The van der Waals surface area contributed by atoms with Crippen molar-refractivity contribution in [2.75, 3.05) is 0 Å². The Bertz CT molecular complexity index is 419. The molecule has 1 aliphatic rings. The Morgan fingerprint density at radius 2 is 2.27 bits per heavy atom. The summed E-state index contributed by atoms with van der Waals surface area (Å²) in [4.78, 5) is 11.9. The standard InChI is InChI=1S/C10H13N5/c1-2-4-9-8(3-1)13-10(14-9)5-15-7-11-6-12-15/h6-7H,1-5H2,(H,13,14). The van der Waals surface area contributed by atoms with E-state index in [9.17, 15) is 0 Å². The van der Waals surface area contributed by atoms with Crippen LogP contribution in [0.3, 0.4) is 0 Å². The van der Waals surface area contributed by atoms with Crippen LogP contribution in [0, 0.1) is 0 Å². The van der Waals surface area contributed by atoms with E-state index in [1.54, 1.807) is 17.3 Å². The van der Waals surface area contributed by atoms with E-state index in [1.807, 2.05) is 0 Å². The Morgan fingerprint density at radius 3 is 3.07 bits per heavy atom. The molecule has 2 heterocycles. The first-order valence-electron chi connectivity index (χ1n) is 5.31. The van der Waals surface area contributed by atoms with Crippen LogP contribution in [0.15, 0.2) is 12.7 Å². The second kappa shape index (κ2) is 3.49. The molecule has 0 atom stereocenters. The topological polar surface area (TPSA) is 59.4 Å². The molecule has 15 heavy (non-hydrogen) atoms. The predicted molar refractivity (Wildman–Crippen MR) is 54.4 cm³/mol. The summed E-state index contributed by atoms with van der Waals surface area (Å²) >= 11 is 0. The van der Waals surface area contributed by atoms with Gasteiger partial charge in [-0.15, -0.1) is 0 Å². The highest BCUT2D eigenvalue weighted by atomic mass is 15.3. The van der Waals surface area contributed by atoms with Crippen LogP contribution in [0.4, 0.5) is 0 Å². The second-order valence-electron chi connectivity index (χ2n) is 3.91. The van der Waals surface area contributed by atoms with Gasteiger partial charge in [0.05, 0.1) is 5.69 Å². The van der Waals surface area contributed by atoms with Crippen LogP contribution in [0.2, 0.25) is 0 Å². The zero-order chi connectivity index (χ0) is 10.1. The maximum absolute atomic E-state index is 4.58. The molecule has 5 heteroatoms. The first kappa shape index (κ1) is 8.64. The fourth-order valence-electron chi connectivity index (χ4n) is 2.06. The van der Waals surface area contributed by atoms with Crippen LogP contribution in [-0.2, 0) is 19.4 Å². The summed E-state index contributed by atoms with van der Waals surface area (Å²) in [7, 11) is 0. The fraction of sp³-hybridized carbons (Fsp3) is 0.500. The van der Waals surface area contributed by atoms with Gasteiger partial charge in [0.1, 0.15) is 25.0 Å². The van der Waals surface area contributed by atoms with E-state index in [2.05, 4.69) is 20.1 Å². The summed E-state index contributed by atoms with van der Waals surface area (Å²) in [5, 5.41) is 4.06. The molecule has 2 aromatic heterocycles. The number of aryl methyl sites for hydroxylation is 2. The Kier molecular flexibility index (Phi) is 2.01. The molecule has 0 aliphatic heterocycles. The van der Waals surface area contributed by atoms with Crippen molar-refractivity contribution in [2.45, 2.75) is 32.2 Å². The van der Waals surface area contributed by atoms with E-state index < -0.39 is 0 Å². The predicted octanol–water partition coefficient (Wildman–Crippen LogP) is 0.928. The first-order chi connectivity index (χ1) is 7.42. The number of H-pyrrole nitrogens is 1. The van der Waals surface area contributed by atoms with Crippen molar-refractivity contribution in [2.24, 2.45) is 0 Å². The number of hydrogen-bond acceptors (Lipinski definition) is 3. The number of nitrogens with one attached hydrogen (secondary N) is 1. The number of rotatable bonds is 2. The van der Waals surface area contributed by atoms with Crippen molar-refractivity contribution in [3.63, 3.8) is 0 Å². The fourth-order valence-corrected chi connectivity index (χ4v) is 2.06. The van der Waals surface area contributed by atoms with E-state index in [-0.39, 0.29) is 0 Å². The number of fused-ring (bicyclic) bond motifs is 1. The smallest absolute Gasteiger partial charge is 0.137 e. The Balaban J connectivity index is 1.84. The molecule has 0 unspecified atom stereocenters. The summed E-state index contributed by atoms with van der Waals surface area (Å²) in [6.45, 7) is 0.688. The van der Waals surface area contributed by atoms with Gasteiger partial charge in [0.25, 0.3) is 0 Å². The normalized spacial score (nSPS) is 15.2. The summed E-state index contributed by atoms with van der Waals surface area (Å²) in [5.41, 5.74) is 2.56. The largest absolute Gasteiger partial charge is 0.344 e. The number of nitrogens with zero attached hydrogens (tertiary/aromatic N) is 4. The second-order valence-corrected chi connectivity index (χ2v) is 3.91. The highest BCUT2D eigenvalue weighted by molar-refractivity contribution is 5.17. The minimum Gasteiger partial charge on any atom is -0.344 e. The molecule has 2 aromatic rings. The van der Waals surface area contributed by atoms with Gasteiger partial charge >= 0.3 is 0 Å². The van der Waals surface area contributed by atoms with E-state index in [1.165, 1.54) is 24.2 Å². The van der Waals surface area contributed by atoms with Crippen molar-refractivity contribution in [3.05, 3.63) is 29.9 Å². The van der Waals surface area contributed by atoms with Crippen molar-refractivity contribution in [1.82, 2.24) is 24.7 Å². The molecule has 0 spiro atoms. The quantitative estimate of drug-likeness (QED) is 0.789. The van der Waals surface area contributed by atoms with Gasteiger partial charge < -0.3 is 4.98 Å². The first-order valence-corrected chi connectivity index (χ1v) is 5.31. The lowest BCUT2D eigenvalue weighted by Gasteiger charge is -2.07. The van der Waals surface area contributed by atoms with Crippen LogP contribution >= 0.6 is 0 Å². The summed E-state index contributed by atoms with van der Waals surface area (Å²) in [5.74, 6) is 0.993. The Labute approximate surface area is 87.6 Å². The average Bonchev–Trinajstić information content (AvgIpc) is 2.86. The van der Waals surface area contributed by atoms with Crippen LogP contribution in [0.25, 0.3) is 0 Å². The Hall–Kier alpha value is -1.65. The van der Waals surface area contributed by atoms with Gasteiger partial charge in [0.15, 0.2) is 0 Å². The molecule has 0 aromatic carbocycles. The van der Waals surface area contributed by atoms with Gasteiger partial charge in [-0.3, -0.25) is 0 Å². The van der Waals surface area contributed by atoms with Gasteiger partial charge in [0, 0.05) is 5.69 Å². The molecule has 0 fully saturated rings. The molecular formula is C10H13N5. The van der Waals surface area contributed by atoms with Gasteiger partial charge in [-0.25, -0.2) is 14.6 Å². The highest BCUT2D eigenvalue weighted by Crippen LogP contribution is 2.18. The molecule has 0 amide bonds. The highest BCUT2D eigenvalue weighted by Gasteiger charge is 2.14. The third-order valence-electron chi connectivity index (χ3n) is 2.78. The Morgan fingerprint density at radius 1 is 1.33 bits per heavy atom. The lowest BCUT2D eigenvalue weighted by molar-refractivity contribution is 0.658. The number of imidazole rings is 1. The maximum Gasteiger partial charge on any atom is 0.137 e. The lowest BCUT2D eigenvalue weighted by Crippen LogP contribution is -2.01. The van der Waals surface area contributed by atoms with Crippen LogP contribution in [0.5, 0.6) is 0 Å². The van der Waals surface area contributed by atoms with E-state index in [4.69, 9.17) is 0 Å². The van der Waals surface area contributed by atoms with Gasteiger partial charge in [0.2, 0.25) is 0 Å². The molecular weight excluding hydrogens is 190 g/mol. The molecule has 3 rings (SSSR count). The van der Waals surface area contributed by atoms with Crippen molar-refractivity contribution in [3.8, 4) is 0 Å². The molecule has 1 N–H and O–H groups in total. The van der Waals surface area contributed by atoms with Crippen LogP contribution in [-0.4, -0.2) is 24.7 Å². The summed E-state index contributed by atoms with van der Waals surface area (Å²) in [6.07, 6.45) is 8.05. The zero-order valence-corrected chi connectivity index (χ0v) is 8.48. The zero-order valence-electron chi connectivity index (χ0n) is 8.48. The number of hydrogen-bond donors (Lipinski definition) is 1. The molecule has 0 bridgehead atoms. The van der Waals surface area contributed by atoms with E-state index in [0.717, 1.165) is 18.7 Å². The van der Waals surface area contributed by atoms with Crippen molar-refractivity contribution < 1.29 is 0 Å². The number of aromatic amines is 1. The van der Waals surface area contributed by atoms with Crippen molar-refractivity contribution >= 4 is 0 Å². The van der Waals surface area contributed by atoms with E-state index in [0.29, 0.717) is 6.54 Å². The third kappa shape index (κ3) is 1.65. The van der Waals surface area contributed by atoms with Crippen LogP contribution in [0.1, 0.15) is 30.1 Å². The molecule has 0 radical (unpaired) electrons. The SMILES string of the molecule is c1ncn(Cc2nc3c([nH]2)CCCC3)n1. The molecule has 0 saturated heterocycles. The lowest BCUT2D eigenvalue weighted by atomic mass is 10.0. The molecule has 1 aliphatic carbocycles. The summed E-state index contributed by atoms with van der Waals surface area (Å²) < 4.78 is 1.78. The maximum atomic E-state index is 4.58. The molecule has 5 nitrogen and oxygen atoms in total. The monoisotopic (exact) mass is 203 g/mol. The molecule has 78 valence electrons. The minimum absolute atomic E-state index is 0.688. The van der Waals surface area contributed by atoms with E-state index >= 15 is 0 Å².